The number of nitrogens with one attached hydrogen (secondary N) is 1. The van der Waals surface area contributed by atoms with Gasteiger partial charge in [-0.05, 0) is 37.0 Å². The molecule has 4 rings (SSSR count). The molecule has 0 bridgehead atoms. The molecule has 1 aliphatic heterocycles. The van der Waals surface area contributed by atoms with Crippen molar-refractivity contribution < 1.29 is 9.47 Å². The number of fused-ring (bicyclic) bond motifs is 1. The minimum atomic E-state index is -0.126. The number of aryl methyl sites for hydroxylation is 1. The molecule has 1 aromatic carbocycles. The molecular weight excluding hydrogens is 388 g/mol. The number of rotatable bonds is 7. The van der Waals surface area contributed by atoms with Gasteiger partial charge in [-0.2, -0.15) is 4.52 Å². The Bertz CT molecular complexity index is 1020. The average Bonchev–Trinajstić information content (AvgIpc) is 3.17. The summed E-state index contributed by atoms with van der Waals surface area (Å²) in [5.74, 6) is 0.850. The van der Waals surface area contributed by atoms with Crippen molar-refractivity contribution in [3.05, 3.63) is 51.9 Å². The number of methoxy groups -OCH3 is 1. The molecule has 0 spiro atoms. The summed E-state index contributed by atoms with van der Waals surface area (Å²) in [5.41, 5.74) is 1.91. The topological polar surface area (TPSA) is 77.8 Å². The molecule has 3 aromatic rings. The van der Waals surface area contributed by atoms with Crippen LogP contribution in [0.1, 0.15) is 37.4 Å². The van der Waals surface area contributed by atoms with Crippen LogP contribution in [0.4, 0.5) is 5.13 Å². The van der Waals surface area contributed by atoms with Crippen LogP contribution >= 0.6 is 11.3 Å². The lowest BCUT2D eigenvalue weighted by atomic mass is 9.74. The van der Waals surface area contributed by atoms with Crippen molar-refractivity contribution in [1.82, 2.24) is 14.6 Å². The van der Waals surface area contributed by atoms with E-state index in [1.165, 1.54) is 21.4 Å². The van der Waals surface area contributed by atoms with Gasteiger partial charge in [-0.15, -0.1) is 5.10 Å². The van der Waals surface area contributed by atoms with Gasteiger partial charge in [0.1, 0.15) is 5.75 Å². The maximum Gasteiger partial charge on any atom is 0.275 e. The Morgan fingerprint density at radius 3 is 2.72 bits per heavy atom. The van der Waals surface area contributed by atoms with Gasteiger partial charge in [0.2, 0.25) is 10.1 Å². The molecule has 0 amide bonds. The molecule has 0 atom stereocenters. The molecule has 3 heterocycles. The van der Waals surface area contributed by atoms with Gasteiger partial charge < -0.3 is 14.8 Å². The third kappa shape index (κ3) is 4.13. The van der Waals surface area contributed by atoms with Gasteiger partial charge in [-0.25, -0.2) is 4.98 Å². The van der Waals surface area contributed by atoms with Crippen molar-refractivity contribution in [2.45, 2.75) is 38.0 Å². The Kier molecular flexibility index (Phi) is 5.82. The quantitative estimate of drug-likeness (QED) is 0.639. The molecule has 0 unspecified atom stereocenters. The molecule has 0 saturated carbocycles. The van der Waals surface area contributed by atoms with Crippen LogP contribution in [-0.2, 0) is 16.6 Å². The SMILES string of the molecule is CCCc1cc(=O)n2nc(NCC3(c4ccc(OC)cc4)CCOCC3)sc2n1. The largest absolute Gasteiger partial charge is 0.497 e. The van der Waals surface area contributed by atoms with Gasteiger partial charge in [-0.3, -0.25) is 4.79 Å². The Morgan fingerprint density at radius 1 is 1.28 bits per heavy atom. The van der Waals surface area contributed by atoms with Crippen LogP contribution in [0.25, 0.3) is 4.96 Å². The summed E-state index contributed by atoms with van der Waals surface area (Å²) >= 11 is 1.42. The number of benzene rings is 1. The predicted molar refractivity (Wildman–Crippen MR) is 114 cm³/mol. The van der Waals surface area contributed by atoms with Crippen molar-refractivity contribution in [3.63, 3.8) is 0 Å². The van der Waals surface area contributed by atoms with Crippen molar-refractivity contribution in [2.24, 2.45) is 0 Å². The maximum atomic E-state index is 12.3. The number of anilines is 1. The Labute approximate surface area is 173 Å². The van der Waals surface area contributed by atoms with Crippen molar-refractivity contribution in [3.8, 4) is 5.75 Å². The summed E-state index contributed by atoms with van der Waals surface area (Å²) in [4.78, 5) is 17.6. The van der Waals surface area contributed by atoms with E-state index >= 15 is 0 Å². The van der Waals surface area contributed by atoms with Crippen LogP contribution in [0.2, 0.25) is 0 Å². The van der Waals surface area contributed by atoms with Gasteiger partial charge in [0.15, 0.2) is 0 Å². The van der Waals surface area contributed by atoms with E-state index in [1.807, 2.05) is 12.1 Å². The Morgan fingerprint density at radius 2 is 2.03 bits per heavy atom. The first kappa shape index (κ1) is 19.8. The molecule has 154 valence electrons. The van der Waals surface area contributed by atoms with Crippen LogP contribution in [0.5, 0.6) is 5.75 Å². The second-order valence-corrected chi connectivity index (χ2v) is 8.37. The van der Waals surface area contributed by atoms with E-state index in [4.69, 9.17) is 9.47 Å². The second-order valence-electron chi connectivity index (χ2n) is 7.41. The van der Waals surface area contributed by atoms with Gasteiger partial charge >= 0.3 is 0 Å². The zero-order valence-electron chi connectivity index (χ0n) is 16.8. The van der Waals surface area contributed by atoms with E-state index in [2.05, 4.69) is 34.5 Å². The molecule has 1 fully saturated rings. The maximum absolute atomic E-state index is 12.3. The first-order valence-corrected chi connectivity index (χ1v) is 10.8. The molecule has 29 heavy (non-hydrogen) atoms. The fraction of sp³-hybridized carbons (Fsp3) is 0.476. The summed E-state index contributed by atoms with van der Waals surface area (Å²) in [6, 6.07) is 9.85. The Balaban J connectivity index is 1.58. The monoisotopic (exact) mass is 414 g/mol. The van der Waals surface area contributed by atoms with Crippen molar-refractivity contribution in [2.75, 3.05) is 32.2 Å². The van der Waals surface area contributed by atoms with E-state index in [1.54, 1.807) is 13.2 Å². The van der Waals surface area contributed by atoms with E-state index < -0.39 is 0 Å². The van der Waals surface area contributed by atoms with Gasteiger partial charge in [0, 0.05) is 36.9 Å². The van der Waals surface area contributed by atoms with Gasteiger partial charge in [0.05, 0.1) is 7.11 Å². The minimum absolute atomic E-state index is 0.0475. The van der Waals surface area contributed by atoms with Crippen LogP contribution in [0, 0.1) is 0 Å². The lowest BCUT2D eigenvalue weighted by Gasteiger charge is -2.38. The summed E-state index contributed by atoms with van der Waals surface area (Å²) in [7, 11) is 1.68. The highest BCUT2D eigenvalue weighted by Gasteiger charge is 2.34. The number of hydrogen-bond donors (Lipinski definition) is 1. The molecular formula is C21H26N4O3S. The van der Waals surface area contributed by atoms with Crippen molar-refractivity contribution >= 4 is 21.4 Å². The number of nitrogens with zero attached hydrogens (tertiary/aromatic N) is 3. The molecule has 1 N–H and O–H groups in total. The fourth-order valence-corrected chi connectivity index (χ4v) is 4.65. The van der Waals surface area contributed by atoms with Crippen LogP contribution in [0.3, 0.4) is 0 Å². The third-order valence-corrected chi connectivity index (χ3v) is 6.40. The lowest BCUT2D eigenvalue weighted by molar-refractivity contribution is 0.0544. The van der Waals surface area contributed by atoms with Gasteiger partial charge in [-0.1, -0.05) is 36.8 Å². The molecule has 1 saturated heterocycles. The van der Waals surface area contributed by atoms with Crippen LogP contribution < -0.4 is 15.6 Å². The Hall–Kier alpha value is -2.45. The molecule has 7 nitrogen and oxygen atoms in total. The number of ether oxygens (including phenoxy) is 2. The van der Waals surface area contributed by atoms with Crippen LogP contribution in [-0.4, -0.2) is 41.5 Å². The minimum Gasteiger partial charge on any atom is -0.497 e. The molecule has 0 radical (unpaired) electrons. The molecule has 8 heteroatoms. The lowest BCUT2D eigenvalue weighted by Crippen LogP contribution is -2.40. The second kappa shape index (κ2) is 8.51. The summed E-state index contributed by atoms with van der Waals surface area (Å²) in [6.45, 7) is 4.26. The summed E-state index contributed by atoms with van der Waals surface area (Å²) in [6.07, 6.45) is 3.61. The molecule has 2 aromatic heterocycles. The molecule has 0 aliphatic carbocycles. The highest BCUT2D eigenvalue weighted by atomic mass is 32.1. The number of hydrogen-bond acceptors (Lipinski definition) is 7. The summed E-state index contributed by atoms with van der Waals surface area (Å²) in [5, 5.41) is 8.63. The normalized spacial score (nSPS) is 16.1. The standard InChI is InChI=1S/C21H26N4O3S/c1-3-4-16-13-18(26)25-20(23-16)29-19(24-25)22-14-21(9-11-28-12-10-21)15-5-7-17(27-2)8-6-15/h5-8,13H,3-4,9-12,14H2,1-2H3,(H,22,24). The smallest absolute Gasteiger partial charge is 0.275 e. The first-order valence-electron chi connectivity index (χ1n) is 9.99. The van der Waals surface area contributed by atoms with E-state index in [9.17, 15) is 4.79 Å². The average molecular weight is 415 g/mol. The van der Waals surface area contributed by atoms with Crippen molar-refractivity contribution in [1.29, 1.82) is 0 Å². The van der Waals surface area contributed by atoms with E-state index in [-0.39, 0.29) is 11.0 Å². The summed E-state index contributed by atoms with van der Waals surface area (Å²) < 4.78 is 12.3. The zero-order chi connectivity index (χ0) is 20.3. The van der Waals surface area contributed by atoms with E-state index in [0.29, 0.717) is 10.1 Å². The van der Waals surface area contributed by atoms with E-state index in [0.717, 1.165) is 56.9 Å². The third-order valence-electron chi connectivity index (χ3n) is 5.53. The predicted octanol–water partition coefficient (Wildman–Crippen LogP) is 3.27. The van der Waals surface area contributed by atoms with Crippen LogP contribution in [0.15, 0.2) is 35.1 Å². The highest BCUT2D eigenvalue weighted by Crippen LogP contribution is 2.36. The molecule has 1 aliphatic rings. The fourth-order valence-electron chi connectivity index (χ4n) is 3.83. The van der Waals surface area contributed by atoms with Gasteiger partial charge in [0.25, 0.3) is 5.56 Å². The first-order chi connectivity index (χ1) is 14.1. The zero-order valence-corrected chi connectivity index (χ0v) is 17.6. The number of aromatic nitrogens is 3. The highest BCUT2D eigenvalue weighted by molar-refractivity contribution is 7.20.